The summed E-state index contributed by atoms with van der Waals surface area (Å²) < 4.78 is 47.0. The van der Waals surface area contributed by atoms with Crippen molar-refractivity contribution in [1.82, 2.24) is 24.6 Å². The molecule has 1 saturated heterocycles. The number of thioether (sulfide) groups is 1. The third-order valence-corrected chi connectivity index (χ3v) is 8.40. The second-order valence-corrected chi connectivity index (χ2v) is 12.0. The fraction of sp³-hybridized carbons (Fsp3) is 0.696. The van der Waals surface area contributed by atoms with E-state index >= 15 is 0 Å². The zero-order valence-corrected chi connectivity index (χ0v) is 25.6. The number of aliphatic hydroxyl groups is 2. The van der Waals surface area contributed by atoms with E-state index in [1.54, 1.807) is 13.8 Å². The van der Waals surface area contributed by atoms with Crippen LogP contribution in [0.1, 0.15) is 33.4 Å². The highest BCUT2D eigenvalue weighted by molar-refractivity contribution is 7.98. The van der Waals surface area contributed by atoms with Gasteiger partial charge >= 0.3 is 19.7 Å². The quantitative estimate of drug-likeness (QED) is 0.144. The van der Waals surface area contributed by atoms with E-state index in [-0.39, 0.29) is 42.6 Å². The van der Waals surface area contributed by atoms with Crippen LogP contribution < -0.4 is 15.6 Å². The smallest absolute Gasteiger partial charge is 0.406 e. The molecule has 5 N–H and O–H groups in total. The van der Waals surface area contributed by atoms with Crippen LogP contribution in [0.4, 0.5) is 5.95 Å². The number of nitrogens with one attached hydrogen (secondary N) is 1. The maximum Gasteiger partial charge on any atom is 0.406 e. The van der Waals surface area contributed by atoms with E-state index in [4.69, 9.17) is 33.7 Å². The second kappa shape index (κ2) is 14.7. The van der Waals surface area contributed by atoms with Gasteiger partial charge in [-0.3, -0.25) is 18.4 Å². The Morgan fingerprint density at radius 2 is 2.00 bits per heavy atom. The summed E-state index contributed by atoms with van der Waals surface area (Å²) in [7, 11) is -3.06. The topological polar surface area (TPSA) is 229 Å². The first-order valence-electron chi connectivity index (χ1n) is 13.0. The number of aromatic nitrogens is 4. The molecule has 42 heavy (non-hydrogen) atoms. The minimum atomic E-state index is -4.43. The Hall–Kier alpha value is -2.57. The summed E-state index contributed by atoms with van der Waals surface area (Å²) in [6.45, 7) is 3.33. The van der Waals surface area contributed by atoms with E-state index in [0.717, 1.165) is 0 Å². The Morgan fingerprint density at radius 3 is 2.64 bits per heavy atom. The van der Waals surface area contributed by atoms with Crippen molar-refractivity contribution in [1.29, 1.82) is 0 Å². The number of nitrogens with zero attached hydrogens (tertiary/aromatic N) is 4. The van der Waals surface area contributed by atoms with E-state index in [2.05, 4.69) is 20.0 Å². The Balaban J connectivity index is 1.84. The maximum atomic E-state index is 13.8. The van der Waals surface area contributed by atoms with Gasteiger partial charge in [-0.2, -0.15) is 21.7 Å². The number of imidazole rings is 1. The van der Waals surface area contributed by atoms with Gasteiger partial charge in [0.1, 0.15) is 23.9 Å². The molecular formula is C23H37N6O11PS. The number of carbonyl (C=O) groups excluding carboxylic acids is 2. The van der Waals surface area contributed by atoms with E-state index in [0.29, 0.717) is 5.75 Å². The molecule has 17 nitrogen and oxygen atoms in total. The van der Waals surface area contributed by atoms with Crippen molar-refractivity contribution in [3.8, 4) is 5.88 Å². The van der Waals surface area contributed by atoms with Crippen LogP contribution >= 0.6 is 19.5 Å². The Bertz CT molecular complexity index is 1280. The SMILES string of the molecule is CCOC(=O)COP(=O)(N[C@@H](CCSC)C(=O)OCC)OC[C@H]1O[C@@H](n2cnc3c(OC)nc(N)nc32)[C@](C)(O)[C@@H]1O. The van der Waals surface area contributed by atoms with Crippen LogP contribution in [-0.2, 0) is 37.4 Å². The van der Waals surface area contributed by atoms with E-state index < -0.39 is 63.0 Å². The first kappa shape index (κ1) is 33.9. The fourth-order valence-corrected chi connectivity index (χ4v) is 6.06. The molecule has 0 amide bonds. The lowest BCUT2D eigenvalue weighted by Crippen LogP contribution is -2.44. The summed E-state index contributed by atoms with van der Waals surface area (Å²) in [4.78, 5) is 36.8. The van der Waals surface area contributed by atoms with E-state index in [1.807, 2.05) is 6.26 Å². The normalized spacial score (nSPS) is 24.3. The van der Waals surface area contributed by atoms with Crippen LogP contribution in [0, 0.1) is 0 Å². The number of hydrogen-bond acceptors (Lipinski definition) is 16. The number of rotatable bonds is 16. The molecule has 3 heterocycles. The Kier molecular flexibility index (Phi) is 11.9. The van der Waals surface area contributed by atoms with Gasteiger partial charge in [0.15, 0.2) is 24.0 Å². The average Bonchev–Trinajstić information content (AvgIpc) is 3.46. The minimum absolute atomic E-state index is 0.0594. The molecule has 0 aliphatic carbocycles. The number of methoxy groups -OCH3 is 1. The van der Waals surface area contributed by atoms with Crippen molar-refractivity contribution in [3.05, 3.63) is 6.33 Å². The minimum Gasteiger partial charge on any atom is -0.479 e. The summed E-state index contributed by atoms with van der Waals surface area (Å²) in [6.07, 6.45) is -0.754. The molecule has 0 bridgehead atoms. The molecule has 6 atom stereocenters. The molecule has 0 saturated carbocycles. The monoisotopic (exact) mass is 636 g/mol. The zero-order valence-electron chi connectivity index (χ0n) is 23.9. The van der Waals surface area contributed by atoms with Crippen LogP contribution in [-0.4, -0.2) is 111 Å². The van der Waals surface area contributed by atoms with Gasteiger partial charge in [-0.05, 0) is 39.2 Å². The predicted octanol–water partition coefficient (Wildman–Crippen LogP) is 0.405. The zero-order chi connectivity index (χ0) is 31.1. The summed E-state index contributed by atoms with van der Waals surface area (Å²) in [6, 6.07) is -1.10. The Morgan fingerprint density at radius 1 is 1.29 bits per heavy atom. The molecule has 1 unspecified atom stereocenters. The summed E-state index contributed by atoms with van der Waals surface area (Å²) >= 11 is 1.45. The van der Waals surface area contributed by atoms with Crippen LogP contribution in [0.15, 0.2) is 6.33 Å². The number of carbonyl (C=O) groups is 2. The molecule has 236 valence electrons. The highest BCUT2D eigenvalue weighted by atomic mass is 32.2. The summed E-state index contributed by atoms with van der Waals surface area (Å²) in [5.41, 5.74) is 4.26. The van der Waals surface area contributed by atoms with Crippen molar-refractivity contribution < 1.29 is 52.4 Å². The fourth-order valence-electron chi connectivity index (χ4n) is 4.13. The van der Waals surface area contributed by atoms with Crippen molar-refractivity contribution in [2.75, 3.05) is 51.3 Å². The number of nitrogens with two attached hydrogens (primary N) is 1. The largest absolute Gasteiger partial charge is 0.479 e. The molecular weight excluding hydrogens is 599 g/mol. The summed E-state index contributed by atoms with van der Waals surface area (Å²) in [5.74, 6) is -1.04. The molecule has 19 heteroatoms. The standard InChI is InChI=1S/C23H37N6O11PS/c1-6-36-15(30)11-39-41(34,28-13(8-9-42-5)20(32)37-7-2)38-10-14-17(31)23(3,33)21(40-14)29-12-25-16-18(29)26-22(24)27-19(16)35-4/h12-14,17,21,31,33H,6-11H2,1-5H3,(H,28,34)(H2,24,26,27)/t13-,14+,17+,21+,23+,41?/m0/s1. The van der Waals surface area contributed by atoms with Gasteiger partial charge in [0, 0.05) is 0 Å². The number of hydrogen-bond donors (Lipinski definition) is 4. The number of nitrogen functional groups attached to an aromatic ring is 1. The molecule has 0 aromatic carbocycles. The lowest BCUT2D eigenvalue weighted by Gasteiger charge is -2.27. The van der Waals surface area contributed by atoms with Crippen LogP contribution in [0.3, 0.4) is 0 Å². The molecule has 2 aromatic heterocycles. The van der Waals surface area contributed by atoms with Gasteiger partial charge in [-0.1, -0.05) is 0 Å². The van der Waals surface area contributed by atoms with Crippen molar-refractivity contribution in [2.24, 2.45) is 0 Å². The number of ether oxygens (including phenoxy) is 4. The van der Waals surface area contributed by atoms with Gasteiger partial charge in [0.05, 0.1) is 33.3 Å². The van der Waals surface area contributed by atoms with Crippen molar-refractivity contribution in [2.45, 2.75) is 57.3 Å². The van der Waals surface area contributed by atoms with E-state index in [9.17, 15) is 24.4 Å². The van der Waals surface area contributed by atoms with Gasteiger partial charge in [-0.25, -0.2) is 19.4 Å². The molecule has 0 radical (unpaired) electrons. The number of esters is 2. The first-order valence-corrected chi connectivity index (χ1v) is 15.9. The third kappa shape index (κ3) is 7.87. The highest BCUT2D eigenvalue weighted by Crippen LogP contribution is 2.47. The van der Waals surface area contributed by atoms with Crippen molar-refractivity contribution in [3.63, 3.8) is 0 Å². The third-order valence-electron chi connectivity index (χ3n) is 6.17. The van der Waals surface area contributed by atoms with Gasteiger partial charge in [-0.15, -0.1) is 0 Å². The maximum absolute atomic E-state index is 13.8. The molecule has 2 aromatic rings. The van der Waals surface area contributed by atoms with Crippen LogP contribution in [0.2, 0.25) is 0 Å². The van der Waals surface area contributed by atoms with E-state index in [1.165, 1.54) is 36.7 Å². The molecule has 1 aliphatic heterocycles. The molecule has 3 rings (SSSR count). The van der Waals surface area contributed by atoms with Crippen molar-refractivity contribution >= 4 is 48.6 Å². The first-order chi connectivity index (χ1) is 19.9. The predicted molar refractivity (Wildman–Crippen MR) is 150 cm³/mol. The van der Waals surface area contributed by atoms with Gasteiger partial charge in [0.2, 0.25) is 11.8 Å². The lowest BCUT2D eigenvalue weighted by molar-refractivity contribution is -0.145. The van der Waals surface area contributed by atoms with Crippen LogP contribution in [0.25, 0.3) is 11.2 Å². The van der Waals surface area contributed by atoms with Crippen LogP contribution in [0.5, 0.6) is 5.88 Å². The number of aliphatic hydroxyl groups excluding tert-OH is 1. The Labute approximate surface area is 246 Å². The number of anilines is 1. The molecule has 1 aliphatic rings. The number of fused-ring (bicyclic) bond motifs is 1. The van der Waals surface area contributed by atoms with Gasteiger partial charge in [0.25, 0.3) is 0 Å². The van der Waals surface area contributed by atoms with Gasteiger partial charge < -0.3 is 34.9 Å². The summed E-state index contributed by atoms with van der Waals surface area (Å²) in [5, 5.41) is 24.8. The average molecular weight is 637 g/mol. The molecule has 0 spiro atoms. The molecule has 1 fully saturated rings. The highest BCUT2D eigenvalue weighted by Gasteiger charge is 2.54. The second-order valence-electron chi connectivity index (χ2n) is 9.20. The lowest BCUT2D eigenvalue weighted by atomic mass is 9.96.